The summed E-state index contributed by atoms with van der Waals surface area (Å²) in [5.41, 5.74) is 10.1. The van der Waals surface area contributed by atoms with E-state index < -0.39 is 8.32 Å². The Labute approximate surface area is 293 Å². The van der Waals surface area contributed by atoms with E-state index in [1.54, 1.807) is 19.2 Å². The van der Waals surface area contributed by atoms with E-state index in [0.717, 1.165) is 30.6 Å². The van der Waals surface area contributed by atoms with Gasteiger partial charge in [0.2, 0.25) is 5.95 Å². The summed E-state index contributed by atoms with van der Waals surface area (Å²) in [7, 11) is -0.445. The minimum atomic E-state index is -2.09. The third-order valence-electron chi connectivity index (χ3n) is 9.86. The summed E-state index contributed by atoms with van der Waals surface area (Å²) in [6, 6.07) is 16.0. The first-order chi connectivity index (χ1) is 23.3. The van der Waals surface area contributed by atoms with Gasteiger partial charge in [-0.2, -0.15) is 20.0 Å². The van der Waals surface area contributed by atoms with Crippen LogP contribution in [-0.2, 0) is 11.0 Å². The molecule has 0 unspecified atom stereocenters. The normalized spacial score (nSPS) is 18.2. The molecule has 4 aromatic rings. The van der Waals surface area contributed by atoms with Gasteiger partial charge in [0.05, 0.1) is 47.4 Å². The van der Waals surface area contributed by atoms with Gasteiger partial charge < -0.3 is 30.0 Å². The predicted molar refractivity (Wildman–Crippen MR) is 194 cm³/mol. The number of rotatable bonds is 10. The van der Waals surface area contributed by atoms with Crippen LogP contribution >= 0.6 is 11.6 Å². The summed E-state index contributed by atoms with van der Waals surface area (Å²) in [6.07, 6.45) is 4.08. The second-order valence-corrected chi connectivity index (χ2v) is 19.5. The SMILES string of the molecule is COc1ccc(CN(c2nc(Nc3cc(C#N)cc(N4CC[C@@H](N)[C@H](O[Si](C)(C)C(C)(C)C)C4)c3Cl)nn3c(C#N)cnc23)C2CC2)cc1. The topological polar surface area (TPSA) is 154 Å². The Bertz CT molecular complexity index is 1920. The number of nitrogens with two attached hydrogens (primary N) is 1. The molecule has 12 nitrogen and oxygen atoms in total. The summed E-state index contributed by atoms with van der Waals surface area (Å²) in [4.78, 5) is 13.9. The summed E-state index contributed by atoms with van der Waals surface area (Å²) in [6.45, 7) is 12.9. The molecule has 0 bridgehead atoms. The van der Waals surface area contributed by atoms with Crippen molar-refractivity contribution < 1.29 is 9.16 Å². The van der Waals surface area contributed by atoms with Crippen molar-refractivity contribution in [2.24, 2.45) is 5.73 Å². The minimum Gasteiger partial charge on any atom is -0.497 e. The van der Waals surface area contributed by atoms with Gasteiger partial charge in [0.25, 0.3) is 0 Å². The average molecular weight is 699 g/mol. The van der Waals surface area contributed by atoms with E-state index in [1.165, 1.54) is 10.7 Å². The van der Waals surface area contributed by atoms with Crippen molar-refractivity contribution in [3.63, 3.8) is 0 Å². The van der Waals surface area contributed by atoms with E-state index in [-0.39, 0.29) is 34.9 Å². The molecule has 0 radical (unpaired) electrons. The molecule has 49 heavy (non-hydrogen) atoms. The molecule has 1 saturated carbocycles. The monoisotopic (exact) mass is 698 g/mol. The van der Waals surface area contributed by atoms with Gasteiger partial charge in [-0.15, -0.1) is 5.10 Å². The fraction of sp³-hybridized carbons (Fsp3) is 0.457. The van der Waals surface area contributed by atoms with Gasteiger partial charge in [0.1, 0.15) is 11.8 Å². The number of nitriles is 2. The van der Waals surface area contributed by atoms with Gasteiger partial charge >= 0.3 is 0 Å². The Kier molecular flexibility index (Phi) is 9.48. The molecule has 2 aliphatic rings. The van der Waals surface area contributed by atoms with Crippen LogP contribution in [0.5, 0.6) is 5.75 Å². The molecule has 2 aromatic carbocycles. The summed E-state index contributed by atoms with van der Waals surface area (Å²) in [5, 5.41) is 28.3. The van der Waals surface area contributed by atoms with Crippen LogP contribution in [-0.4, -0.2) is 66.3 Å². The van der Waals surface area contributed by atoms with Gasteiger partial charge in [0, 0.05) is 31.7 Å². The first kappa shape index (κ1) is 34.5. The van der Waals surface area contributed by atoms with E-state index in [1.807, 2.05) is 24.3 Å². The molecule has 14 heteroatoms. The molecular weight excluding hydrogens is 656 g/mol. The number of ether oxygens (including phenoxy) is 1. The summed E-state index contributed by atoms with van der Waals surface area (Å²) < 4.78 is 13.6. The number of benzene rings is 2. The number of halogens is 1. The van der Waals surface area contributed by atoms with Crippen molar-refractivity contribution in [1.29, 1.82) is 10.5 Å². The second-order valence-electron chi connectivity index (χ2n) is 14.4. The van der Waals surface area contributed by atoms with E-state index in [0.29, 0.717) is 53.1 Å². The lowest BCUT2D eigenvalue weighted by molar-refractivity contribution is 0.139. The molecule has 3 N–H and O–H groups in total. The smallest absolute Gasteiger partial charge is 0.247 e. The van der Waals surface area contributed by atoms with Crippen LogP contribution in [0.2, 0.25) is 23.2 Å². The zero-order valence-corrected chi connectivity index (χ0v) is 30.6. The molecule has 1 saturated heterocycles. The lowest BCUT2D eigenvalue weighted by Crippen LogP contribution is -2.57. The van der Waals surface area contributed by atoms with Gasteiger partial charge in [-0.3, -0.25) is 0 Å². The van der Waals surface area contributed by atoms with E-state index in [9.17, 15) is 10.5 Å². The molecular formula is C35H43ClN10O2Si. The number of hydrogen-bond acceptors (Lipinski definition) is 11. The minimum absolute atomic E-state index is 0.0365. The fourth-order valence-corrected chi connectivity index (χ4v) is 7.46. The van der Waals surface area contributed by atoms with Crippen LogP contribution in [0.3, 0.4) is 0 Å². The summed E-state index contributed by atoms with van der Waals surface area (Å²) in [5.74, 6) is 1.60. The molecule has 1 aliphatic heterocycles. The molecule has 0 spiro atoms. The number of nitrogens with one attached hydrogen (secondary N) is 1. The number of anilines is 4. The van der Waals surface area contributed by atoms with Crippen LogP contribution < -0.4 is 25.6 Å². The lowest BCUT2D eigenvalue weighted by atomic mass is 10.0. The maximum atomic E-state index is 10.0. The Morgan fingerprint density at radius 1 is 1.12 bits per heavy atom. The third-order valence-corrected chi connectivity index (χ3v) is 14.8. The largest absolute Gasteiger partial charge is 0.497 e. The van der Waals surface area contributed by atoms with Crippen molar-refractivity contribution in [2.45, 2.75) is 82.9 Å². The molecule has 6 rings (SSSR count). The van der Waals surface area contributed by atoms with Gasteiger partial charge in [-0.05, 0) is 67.2 Å². The third kappa shape index (κ3) is 7.17. The number of methoxy groups -OCH3 is 1. The quantitative estimate of drug-likeness (QED) is 0.178. The fourth-order valence-electron chi connectivity index (χ4n) is 5.83. The number of piperidine rings is 1. The van der Waals surface area contributed by atoms with E-state index in [4.69, 9.17) is 31.5 Å². The molecule has 1 aliphatic carbocycles. The molecule has 0 amide bonds. The van der Waals surface area contributed by atoms with Crippen LogP contribution in [0.1, 0.15) is 56.9 Å². The molecule has 2 fully saturated rings. The lowest BCUT2D eigenvalue weighted by Gasteiger charge is -2.45. The van der Waals surface area contributed by atoms with Crippen molar-refractivity contribution in [3.8, 4) is 17.9 Å². The maximum Gasteiger partial charge on any atom is 0.247 e. The van der Waals surface area contributed by atoms with Crippen molar-refractivity contribution >= 4 is 48.7 Å². The zero-order chi connectivity index (χ0) is 35.1. The number of aromatic nitrogens is 4. The molecule has 2 aromatic heterocycles. The van der Waals surface area contributed by atoms with Gasteiger partial charge in [0.15, 0.2) is 25.5 Å². The Hall–Kier alpha value is -4.40. The first-order valence-corrected chi connectivity index (χ1v) is 19.8. The molecule has 2 atom stereocenters. The number of fused-ring (bicyclic) bond motifs is 1. The molecule has 256 valence electrons. The van der Waals surface area contributed by atoms with Crippen LogP contribution in [0.4, 0.5) is 23.1 Å². The first-order valence-electron chi connectivity index (χ1n) is 16.6. The van der Waals surface area contributed by atoms with Gasteiger partial charge in [-0.25, -0.2) is 4.98 Å². The highest BCUT2D eigenvalue weighted by Gasteiger charge is 2.42. The predicted octanol–water partition coefficient (Wildman–Crippen LogP) is 6.37. The van der Waals surface area contributed by atoms with Crippen molar-refractivity contribution in [2.75, 3.05) is 35.3 Å². The van der Waals surface area contributed by atoms with E-state index >= 15 is 0 Å². The highest BCUT2D eigenvalue weighted by molar-refractivity contribution is 6.74. The Morgan fingerprint density at radius 2 is 1.86 bits per heavy atom. The van der Waals surface area contributed by atoms with Crippen LogP contribution in [0.25, 0.3) is 5.65 Å². The van der Waals surface area contributed by atoms with Crippen LogP contribution in [0.15, 0.2) is 42.6 Å². The van der Waals surface area contributed by atoms with Crippen molar-refractivity contribution in [3.05, 3.63) is 64.4 Å². The van der Waals surface area contributed by atoms with Crippen molar-refractivity contribution in [1.82, 2.24) is 19.6 Å². The average Bonchev–Trinajstić information content (AvgIpc) is 3.83. The zero-order valence-electron chi connectivity index (χ0n) is 28.9. The van der Waals surface area contributed by atoms with Gasteiger partial charge in [-0.1, -0.05) is 44.5 Å². The number of hydrogen-bond donors (Lipinski definition) is 2. The van der Waals surface area contributed by atoms with E-state index in [2.05, 4.69) is 71.2 Å². The highest BCUT2D eigenvalue weighted by atomic mass is 35.5. The second kappa shape index (κ2) is 13.5. The Morgan fingerprint density at radius 3 is 2.49 bits per heavy atom. The maximum absolute atomic E-state index is 10.0. The summed E-state index contributed by atoms with van der Waals surface area (Å²) >= 11 is 7.14. The number of imidazole rings is 1. The number of nitrogens with zero attached hydrogens (tertiary/aromatic N) is 8. The standard InChI is InChI=1S/C35H43ClN10O2Si/c1-35(2,3)49(5,6)48-30-21-44(14-13-27(30)39)29-16-23(17-37)15-28(31(29)36)41-34-42-33(32-40-19-25(18-38)46(32)43-34)45(24-9-10-24)20-22-7-11-26(47-4)12-8-22/h7-8,11-12,15-16,19,24,27,30H,9-10,13-14,20-21,39H2,1-6H3,(H,41,43)/t27-,30-/m1/s1. The van der Waals surface area contributed by atoms with Crippen LogP contribution in [0, 0.1) is 22.7 Å². The highest BCUT2D eigenvalue weighted by Crippen LogP contribution is 2.41. The molecule has 3 heterocycles. The Balaban J connectivity index is 1.35.